The molecule has 5 nitrogen and oxygen atoms in total. The number of anilines is 1. The molecule has 2 heterocycles. The maximum Gasteiger partial charge on any atom is 0.231 e. The molecule has 0 spiro atoms. The Hall–Kier alpha value is -2.30. The minimum Gasteiger partial charge on any atom is -0.454 e. The molecule has 1 aliphatic heterocycles. The molecule has 0 bridgehead atoms. The molecule has 1 aromatic heterocycles. The number of nitrogens with one attached hydrogen (secondary N) is 1. The zero-order chi connectivity index (χ0) is 12.4. The third kappa shape index (κ3) is 2.20. The second kappa shape index (κ2) is 4.52. The van der Waals surface area contributed by atoms with E-state index in [4.69, 9.17) is 9.47 Å². The molecule has 2 aromatic rings. The molecule has 18 heavy (non-hydrogen) atoms. The normalized spacial score (nSPS) is 12.5. The van der Waals surface area contributed by atoms with Gasteiger partial charge < -0.3 is 14.8 Å². The van der Waals surface area contributed by atoms with Crippen molar-refractivity contribution in [2.24, 2.45) is 0 Å². The average Bonchev–Trinajstić information content (AvgIpc) is 2.84. The van der Waals surface area contributed by atoms with E-state index in [0.717, 1.165) is 28.7 Å². The fourth-order valence-corrected chi connectivity index (χ4v) is 1.80. The van der Waals surface area contributed by atoms with Crippen LogP contribution in [0.3, 0.4) is 0 Å². The number of hydrogen-bond acceptors (Lipinski definition) is 5. The first-order valence-corrected chi connectivity index (χ1v) is 5.73. The van der Waals surface area contributed by atoms with Crippen molar-refractivity contribution in [3.05, 3.63) is 41.9 Å². The number of hydrogen-bond donors (Lipinski definition) is 1. The van der Waals surface area contributed by atoms with Gasteiger partial charge in [-0.3, -0.25) is 0 Å². The van der Waals surface area contributed by atoms with Crippen molar-refractivity contribution >= 4 is 5.82 Å². The molecule has 0 amide bonds. The van der Waals surface area contributed by atoms with E-state index in [0.29, 0.717) is 13.3 Å². The van der Waals surface area contributed by atoms with Gasteiger partial charge in [-0.1, -0.05) is 6.07 Å². The van der Waals surface area contributed by atoms with Gasteiger partial charge in [-0.2, -0.15) is 0 Å². The number of nitrogens with zero attached hydrogens (tertiary/aromatic N) is 2. The van der Waals surface area contributed by atoms with E-state index >= 15 is 0 Å². The van der Waals surface area contributed by atoms with Crippen LogP contribution in [0.2, 0.25) is 0 Å². The summed E-state index contributed by atoms with van der Waals surface area (Å²) in [4.78, 5) is 8.34. The first-order chi connectivity index (χ1) is 8.81. The van der Waals surface area contributed by atoms with E-state index in [1.165, 1.54) is 0 Å². The first-order valence-electron chi connectivity index (χ1n) is 5.73. The molecule has 0 saturated heterocycles. The summed E-state index contributed by atoms with van der Waals surface area (Å²) in [7, 11) is 0. The highest BCUT2D eigenvalue weighted by Crippen LogP contribution is 2.32. The predicted molar refractivity (Wildman–Crippen MR) is 66.7 cm³/mol. The van der Waals surface area contributed by atoms with Gasteiger partial charge >= 0.3 is 0 Å². The quantitative estimate of drug-likeness (QED) is 0.894. The van der Waals surface area contributed by atoms with E-state index < -0.39 is 0 Å². The van der Waals surface area contributed by atoms with Crippen molar-refractivity contribution in [1.82, 2.24) is 9.97 Å². The topological polar surface area (TPSA) is 56.3 Å². The zero-order valence-corrected chi connectivity index (χ0v) is 10.0. The average molecular weight is 243 g/mol. The number of benzene rings is 1. The van der Waals surface area contributed by atoms with Crippen LogP contribution in [-0.2, 0) is 6.54 Å². The Bertz CT molecular complexity index is 572. The molecule has 1 aliphatic rings. The van der Waals surface area contributed by atoms with Crippen molar-refractivity contribution in [3.8, 4) is 11.5 Å². The van der Waals surface area contributed by atoms with E-state index in [1.54, 1.807) is 6.20 Å². The Morgan fingerprint density at radius 2 is 2.11 bits per heavy atom. The lowest BCUT2D eigenvalue weighted by atomic mass is 10.2. The highest BCUT2D eigenvalue weighted by molar-refractivity contribution is 5.45. The monoisotopic (exact) mass is 243 g/mol. The van der Waals surface area contributed by atoms with Gasteiger partial charge in [0, 0.05) is 12.7 Å². The minimum absolute atomic E-state index is 0.303. The summed E-state index contributed by atoms with van der Waals surface area (Å²) in [5, 5.41) is 3.25. The van der Waals surface area contributed by atoms with E-state index in [2.05, 4.69) is 15.3 Å². The zero-order valence-electron chi connectivity index (χ0n) is 10.0. The van der Waals surface area contributed by atoms with Crippen molar-refractivity contribution in [2.75, 3.05) is 12.1 Å². The summed E-state index contributed by atoms with van der Waals surface area (Å²) >= 11 is 0. The van der Waals surface area contributed by atoms with Crippen LogP contribution in [0.25, 0.3) is 0 Å². The van der Waals surface area contributed by atoms with E-state index in [9.17, 15) is 0 Å². The van der Waals surface area contributed by atoms with E-state index in [-0.39, 0.29) is 0 Å². The summed E-state index contributed by atoms with van der Waals surface area (Å²) in [6.45, 7) is 2.86. The molecule has 3 rings (SSSR count). The second-order valence-corrected chi connectivity index (χ2v) is 4.03. The lowest BCUT2D eigenvalue weighted by Crippen LogP contribution is -2.02. The van der Waals surface area contributed by atoms with Gasteiger partial charge in [0.15, 0.2) is 11.5 Å². The predicted octanol–water partition coefficient (Wildman–Crippen LogP) is 2.13. The van der Waals surface area contributed by atoms with Crippen LogP contribution in [0, 0.1) is 6.92 Å². The van der Waals surface area contributed by atoms with Gasteiger partial charge in [0.1, 0.15) is 11.6 Å². The summed E-state index contributed by atoms with van der Waals surface area (Å²) < 4.78 is 10.6. The van der Waals surface area contributed by atoms with Gasteiger partial charge in [0.05, 0.1) is 0 Å². The third-order valence-corrected chi connectivity index (χ3v) is 2.69. The van der Waals surface area contributed by atoms with Crippen molar-refractivity contribution in [1.29, 1.82) is 0 Å². The highest BCUT2D eigenvalue weighted by Gasteiger charge is 2.12. The maximum atomic E-state index is 5.33. The molecule has 1 aromatic carbocycles. The molecular weight excluding hydrogens is 230 g/mol. The molecule has 1 N–H and O–H groups in total. The largest absolute Gasteiger partial charge is 0.454 e. The molecule has 5 heteroatoms. The number of fused-ring (bicyclic) bond motifs is 1. The van der Waals surface area contributed by atoms with Crippen molar-refractivity contribution < 1.29 is 9.47 Å². The van der Waals surface area contributed by atoms with Crippen LogP contribution in [0.15, 0.2) is 30.5 Å². The van der Waals surface area contributed by atoms with Crippen LogP contribution in [0.1, 0.15) is 11.4 Å². The van der Waals surface area contributed by atoms with Crippen LogP contribution in [-0.4, -0.2) is 16.8 Å². The SMILES string of the molecule is Cc1nccc(NCc2ccc3c(c2)OCO3)n1. The Morgan fingerprint density at radius 3 is 3.00 bits per heavy atom. The maximum absolute atomic E-state index is 5.33. The third-order valence-electron chi connectivity index (χ3n) is 2.69. The lowest BCUT2D eigenvalue weighted by molar-refractivity contribution is 0.174. The fraction of sp³-hybridized carbons (Fsp3) is 0.231. The summed E-state index contributed by atoms with van der Waals surface area (Å²) in [5.74, 6) is 3.18. The molecule has 92 valence electrons. The van der Waals surface area contributed by atoms with E-state index in [1.807, 2.05) is 31.2 Å². The Balaban J connectivity index is 1.70. The minimum atomic E-state index is 0.303. The van der Waals surface area contributed by atoms with Gasteiger partial charge in [0.2, 0.25) is 6.79 Å². The number of aromatic nitrogens is 2. The first kappa shape index (κ1) is 10.8. The van der Waals surface area contributed by atoms with Crippen molar-refractivity contribution in [3.63, 3.8) is 0 Å². The fourth-order valence-electron chi connectivity index (χ4n) is 1.80. The second-order valence-electron chi connectivity index (χ2n) is 4.03. The molecular formula is C13H13N3O2. The summed E-state index contributed by atoms with van der Waals surface area (Å²) in [5.41, 5.74) is 1.12. The molecule has 0 aliphatic carbocycles. The molecule has 0 unspecified atom stereocenters. The van der Waals surface area contributed by atoms with Crippen LogP contribution >= 0.6 is 0 Å². The number of rotatable bonds is 3. The van der Waals surface area contributed by atoms with Crippen LogP contribution in [0.4, 0.5) is 5.82 Å². The standard InChI is InChI=1S/C13H13N3O2/c1-9-14-5-4-13(16-9)15-7-10-2-3-11-12(6-10)18-8-17-11/h2-6H,7-8H2,1H3,(H,14,15,16). The summed E-state index contributed by atoms with van der Waals surface area (Å²) in [6.07, 6.45) is 1.74. The smallest absolute Gasteiger partial charge is 0.231 e. The Morgan fingerprint density at radius 1 is 1.22 bits per heavy atom. The lowest BCUT2D eigenvalue weighted by Gasteiger charge is -2.06. The molecule has 0 saturated carbocycles. The Labute approximate surface area is 105 Å². The van der Waals surface area contributed by atoms with Crippen LogP contribution < -0.4 is 14.8 Å². The van der Waals surface area contributed by atoms with Crippen LogP contribution in [0.5, 0.6) is 11.5 Å². The highest BCUT2D eigenvalue weighted by atomic mass is 16.7. The van der Waals surface area contributed by atoms with Crippen molar-refractivity contribution in [2.45, 2.75) is 13.5 Å². The summed E-state index contributed by atoms with van der Waals surface area (Å²) in [6, 6.07) is 7.75. The van der Waals surface area contributed by atoms with Gasteiger partial charge in [0.25, 0.3) is 0 Å². The number of ether oxygens (including phenoxy) is 2. The number of aryl methyl sites for hydroxylation is 1. The Kier molecular flexibility index (Phi) is 2.72. The van der Waals surface area contributed by atoms with Gasteiger partial charge in [-0.25, -0.2) is 9.97 Å². The molecule has 0 atom stereocenters. The molecule has 0 fully saturated rings. The molecule has 0 radical (unpaired) electrons. The van der Waals surface area contributed by atoms with Gasteiger partial charge in [-0.05, 0) is 30.7 Å². The van der Waals surface area contributed by atoms with Gasteiger partial charge in [-0.15, -0.1) is 0 Å².